The zero-order valence-corrected chi connectivity index (χ0v) is 21.8. The number of anilines is 1. The van der Waals surface area contributed by atoms with E-state index in [2.05, 4.69) is 51.7 Å². The van der Waals surface area contributed by atoms with Gasteiger partial charge in [-0.3, -0.25) is 10.1 Å². The standard InChI is InChI=1S/C24H32N6O2S2/c1-15(2)17-10-12-19(13-11-17)32-16(3)21-26-29-24(30(21)4)33-14-20(31)25-23-28-27-22(34-23)18-8-6-5-7-9-18/h10-13,15-16,18H,5-9,14H2,1-4H3,(H,25,28,31). The number of aromatic nitrogens is 5. The molecule has 1 unspecified atom stereocenters. The highest BCUT2D eigenvalue weighted by atomic mass is 32.2. The average Bonchev–Trinajstić information content (AvgIpc) is 3.45. The van der Waals surface area contributed by atoms with Crippen molar-refractivity contribution in [2.75, 3.05) is 11.1 Å². The summed E-state index contributed by atoms with van der Waals surface area (Å²) in [5.41, 5.74) is 1.27. The van der Waals surface area contributed by atoms with Gasteiger partial charge in [-0.15, -0.1) is 20.4 Å². The second-order valence-electron chi connectivity index (χ2n) is 9.00. The Morgan fingerprint density at radius 3 is 2.56 bits per heavy atom. The summed E-state index contributed by atoms with van der Waals surface area (Å²) in [4.78, 5) is 12.5. The summed E-state index contributed by atoms with van der Waals surface area (Å²) in [5.74, 6) is 2.55. The number of carbonyl (C=O) groups excluding carboxylic acids is 1. The summed E-state index contributed by atoms with van der Waals surface area (Å²) >= 11 is 2.83. The van der Waals surface area contributed by atoms with Crippen LogP contribution in [-0.4, -0.2) is 36.6 Å². The first-order valence-electron chi connectivity index (χ1n) is 11.8. The molecule has 3 aromatic rings. The number of rotatable bonds is 9. The Morgan fingerprint density at radius 1 is 1.12 bits per heavy atom. The van der Waals surface area contributed by atoms with Gasteiger partial charge in [0.2, 0.25) is 11.0 Å². The van der Waals surface area contributed by atoms with E-state index in [1.54, 1.807) is 0 Å². The van der Waals surface area contributed by atoms with Crippen molar-refractivity contribution < 1.29 is 9.53 Å². The second kappa shape index (κ2) is 11.3. The molecule has 8 nitrogen and oxygen atoms in total. The van der Waals surface area contributed by atoms with Gasteiger partial charge in [-0.2, -0.15) is 0 Å². The predicted octanol–water partition coefficient (Wildman–Crippen LogP) is 5.71. The summed E-state index contributed by atoms with van der Waals surface area (Å²) in [5, 5.41) is 22.1. The third-order valence-corrected chi connectivity index (χ3v) is 8.09. The summed E-state index contributed by atoms with van der Waals surface area (Å²) in [6.45, 7) is 6.28. The van der Waals surface area contributed by atoms with Gasteiger partial charge in [0.15, 0.2) is 17.1 Å². The summed E-state index contributed by atoms with van der Waals surface area (Å²) < 4.78 is 7.93. The minimum atomic E-state index is -0.273. The fourth-order valence-corrected chi connectivity index (χ4v) is 5.73. The van der Waals surface area contributed by atoms with Crippen LogP contribution in [0.25, 0.3) is 0 Å². The van der Waals surface area contributed by atoms with Gasteiger partial charge >= 0.3 is 0 Å². The van der Waals surface area contributed by atoms with E-state index in [1.165, 1.54) is 47.9 Å². The van der Waals surface area contributed by atoms with Crippen LogP contribution in [-0.2, 0) is 11.8 Å². The van der Waals surface area contributed by atoms with Gasteiger partial charge in [-0.25, -0.2) is 0 Å². The number of ether oxygens (including phenoxy) is 1. The fraction of sp³-hybridized carbons (Fsp3) is 0.542. The van der Waals surface area contributed by atoms with Crippen LogP contribution in [0, 0.1) is 0 Å². The van der Waals surface area contributed by atoms with E-state index in [0.717, 1.165) is 23.6 Å². The van der Waals surface area contributed by atoms with Gasteiger partial charge in [0.1, 0.15) is 10.8 Å². The van der Waals surface area contributed by atoms with Crippen molar-refractivity contribution in [2.45, 2.75) is 76.0 Å². The molecule has 1 aromatic carbocycles. The largest absolute Gasteiger partial charge is 0.483 e. The summed E-state index contributed by atoms with van der Waals surface area (Å²) in [6.07, 6.45) is 5.85. The smallest absolute Gasteiger partial charge is 0.236 e. The molecule has 0 saturated heterocycles. The van der Waals surface area contributed by atoms with Crippen LogP contribution in [0.2, 0.25) is 0 Å². The SMILES string of the molecule is CC(C)c1ccc(OC(C)c2nnc(SCC(=O)Nc3nnc(C4CCCCC4)s3)n2C)cc1. The molecule has 1 atom stereocenters. The van der Waals surface area contributed by atoms with Crippen molar-refractivity contribution >= 4 is 34.1 Å². The van der Waals surface area contributed by atoms with E-state index in [0.29, 0.717) is 27.9 Å². The molecule has 2 aromatic heterocycles. The number of nitrogens with one attached hydrogen (secondary N) is 1. The van der Waals surface area contributed by atoms with Gasteiger partial charge in [0.05, 0.1) is 5.75 Å². The van der Waals surface area contributed by atoms with E-state index in [1.807, 2.05) is 30.7 Å². The normalized spacial score (nSPS) is 15.4. The van der Waals surface area contributed by atoms with E-state index < -0.39 is 0 Å². The van der Waals surface area contributed by atoms with E-state index >= 15 is 0 Å². The number of benzene rings is 1. The number of amides is 1. The Kier molecular flexibility index (Phi) is 8.20. The zero-order valence-electron chi connectivity index (χ0n) is 20.2. The fourth-order valence-electron chi connectivity index (χ4n) is 4.08. The monoisotopic (exact) mass is 500 g/mol. The van der Waals surface area contributed by atoms with Crippen molar-refractivity contribution in [1.29, 1.82) is 0 Å². The van der Waals surface area contributed by atoms with Crippen molar-refractivity contribution in [2.24, 2.45) is 7.05 Å². The Bertz CT molecular complexity index is 1090. The number of hydrogen-bond donors (Lipinski definition) is 1. The van der Waals surface area contributed by atoms with Crippen LogP contribution >= 0.6 is 23.1 Å². The Labute approximate surface area is 208 Å². The highest BCUT2D eigenvalue weighted by molar-refractivity contribution is 7.99. The van der Waals surface area contributed by atoms with Crippen molar-refractivity contribution in [3.05, 3.63) is 40.7 Å². The molecule has 0 bridgehead atoms. The number of thioether (sulfide) groups is 1. The minimum absolute atomic E-state index is 0.129. The van der Waals surface area contributed by atoms with Crippen LogP contribution in [0.15, 0.2) is 29.4 Å². The molecule has 34 heavy (non-hydrogen) atoms. The lowest BCUT2D eigenvalue weighted by Crippen LogP contribution is -2.14. The zero-order chi connectivity index (χ0) is 24.1. The van der Waals surface area contributed by atoms with Crippen LogP contribution in [0.4, 0.5) is 5.13 Å². The molecule has 1 aliphatic carbocycles. The van der Waals surface area contributed by atoms with Gasteiger partial charge in [-0.1, -0.05) is 68.3 Å². The van der Waals surface area contributed by atoms with Crippen molar-refractivity contribution in [1.82, 2.24) is 25.0 Å². The topological polar surface area (TPSA) is 94.8 Å². The number of nitrogens with zero attached hydrogens (tertiary/aromatic N) is 5. The molecule has 182 valence electrons. The Balaban J connectivity index is 1.29. The van der Waals surface area contributed by atoms with Crippen LogP contribution in [0.5, 0.6) is 5.75 Å². The summed E-state index contributed by atoms with van der Waals surface area (Å²) in [7, 11) is 1.89. The molecule has 1 saturated carbocycles. The van der Waals surface area contributed by atoms with Gasteiger partial charge in [-0.05, 0) is 43.4 Å². The van der Waals surface area contributed by atoms with Crippen LogP contribution in [0.1, 0.15) is 87.2 Å². The van der Waals surface area contributed by atoms with E-state index in [9.17, 15) is 4.79 Å². The maximum Gasteiger partial charge on any atom is 0.236 e. The van der Waals surface area contributed by atoms with Crippen LogP contribution in [0.3, 0.4) is 0 Å². The van der Waals surface area contributed by atoms with Crippen molar-refractivity contribution in [3.63, 3.8) is 0 Å². The average molecular weight is 501 g/mol. The van der Waals surface area contributed by atoms with Crippen molar-refractivity contribution in [3.8, 4) is 5.75 Å². The lowest BCUT2D eigenvalue weighted by atomic mass is 9.90. The highest BCUT2D eigenvalue weighted by Gasteiger charge is 2.21. The Hall–Kier alpha value is -2.46. The molecule has 1 amide bonds. The number of carbonyl (C=O) groups is 1. The highest BCUT2D eigenvalue weighted by Crippen LogP contribution is 2.35. The lowest BCUT2D eigenvalue weighted by molar-refractivity contribution is -0.113. The third-order valence-electron chi connectivity index (χ3n) is 6.07. The maximum atomic E-state index is 12.5. The number of hydrogen-bond acceptors (Lipinski definition) is 8. The molecule has 0 spiro atoms. The lowest BCUT2D eigenvalue weighted by Gasteiger charge is -2.18. The van der Waals surface area contributed by atoms with Gasteiger partial charge in [0, 0.05) is 13.0 Å². The molecule has 1 fully saturated rings. The first kappa shape index (κ1) is 24.7. The molecule has 10 heteroatoms. The Morgan fingerprint density at radius 2 is 1.85 bits per heavy atom. The van der Waals surface area contributed by atoms with Gasteiger partial charge < -0.3 is 9.30 Å². The molecular weight excluding hydrogens is 468 g/mol. The molecular formula is C24H32N6O2S2. The maximum absolute atomic E-state index is 12.5. The molecule has 0 aliphatic heterocycles. The molecule has 4 rings (SSSR count). The third kappa shape index (κ3) is 6.15. The summed E-state index contributed by atoms with van der Waals surface area (Å²) in [6, 6.07) is 8.13. The predicted molar refractivity (Wildman–Crippen MR) is 136 cm³/mol. The minimum Gasteiger partial charge on any atom is -0.483 e. The first-order valence-corrected chi connectivity index (χ1v) is 13.6. The van der Waals surface area contributed by atoms with Crippen LogP contribution < -0.4 is 10.1 Å². The van der Waals surface area contributed by atoms with E-state index in [4.69, 9.17) is 4.74 Å². The molecule has 1 aliphatic rings. The van der Waals surface area contributed by atoms with Gasteiger partial charge in [0.25, 0.3) is 0 Å². The quantitative estimate of drug-likeness (QED) is 0.376. The molecule has 2 heterocycles. The molecule has 1 N–H and O–H groups in total. The van der Waals surface area contributed by atoms with E-state index in [-0.39, 0.29) is 17.8 Å². The first-order chi connectivity index (χ1) is 16.4. The second-order valence-corrected chi connectivity index (χ2v) is 11.0. The molecule has 0 radical (unpaired) electrons.